The van der Waals surface area contributed by atoms with Crippen LogP contribution in [-0.2, 0) is 0 Å². The Kier molecular flexibility index (Phi) is 3.23. The van der Waals surface area contributed by atoms with Gasteiger partial charge >= 0.3 is 6.03 Å². The summed E-state index contributed by atoms with van der Waals surface area (Å²) >= 11 is 0. The van der Waals surface area contributed by atoms with E-state index in [2.05, 4.69) is 5.32 Å². The van der Waals surface area contributed by atoms with Crippen molar-refractivity contribution in [2.45, 2.75) is 12.3 Å². The molecule has 1 N–H and O–H groups in total. The molecule has 2 amide bonds. The van der Waals surface area contributed by atoms with Crippen molar-refractivity contribution in [3.8, 4) is 0 Å². The number of hydrogen-bond donors (Lipinski definition) is 1. The highest BCUT2D eigenvalue weighted by molar-refractivity contribution is 5.89. The molecule has 0 saturated carbocycles. The van der Waals surface area contributed by atoms with E-state index in [1.54, 1.807) is 6.26 Å². The van der Waals surface area contributed by atoms with Crippen LogP contribution >= 0.6 is 0 Å². The third kappa shape index (κ3) is 2.62. The number of benzene rings is 1. The van der Waals surface area contributed by atoms with Crippen molar-refractivity contribution in [2.75, 3.05) is 18.4 Å². The van der Waals surface area contributed by atoms with Gasteiger partial charge in [0.25, 0.3) is 0 Å². The monoisotopic (exact) mass is 256 g/mol. The number of furan rings is 1. The molecule has 2 aromatic rings. The van der Waals surface area contributed by atoms with Crippen LogP contribution in [0.4, 0.5) is 10.5 Å². The summed E-state index contributed by atoms with van der Waals surface area (Å²) in [5, 5.41) is 2.91. The van der Waals surface area contributed by atoms with Crippen molar-refractivity contribution in [3.63, 3.8) is 0 Å². The zero-order chi connectivity index (χ0) is 13.1. The number of amides is 2. The van der Waals surface area contributed by atoms with Crippen LogP contribution in [0.15, 0.2) is 53.1 Å². The van der Waals surface area contributed by atoms with Crippen molar-refractivity contribution < 1.29 is 9.21 Å². The van der Waals surface area contributed by atoms with Gasteiger partial charge in [0.1, 0.15) is 5.76 Å². The van der Waals surface area contributed by atoms with Crippen LogP contribution in [0, 0.1) is 0 Å². The van der Waals surface area contributed by atoms with Gasteiger partial charge < -0.3 is 14.6 Å². The topological polar surface area (TPSA) is 45.5 Å². The Labute approximate surface area is 112 Å². The minimum absolute atomic E-state index is 0.0414. The van der Waals surface area contributed by atoms with Gasteiger partial charge in [-0.2, -0.15) is 0 Å². The van der Waals surface area contributed by atoms with Gasteiger partial charge in [0.2, 0.25) is 0 Å². The largest absolute Gasteiger partial charge is 0.469 e. The lowest BCUT2D eigenvalue weighted by molar-refractivity contribution is 0.221. The van der Waals surface area contributed by atoms with Gasteiger partial charge in [0, 0.05) is 24.7 Å². The molecule has 1 fully saturated rings. The highest BCUT2D eigenvalue weighted by Gasteiger charge is 2.28. The van der Waals surface area contributed by atoms with Gasteiger partial charge in [0.05, 0.1) is 6.26 Å². The molecule has 1 unspecified atom stereocenters. The number of carbonyl (C=O) groups excluding carboxylic acids is 1. The van der Waals surface area contributed by atoms with E-state index in [4.69, 9.17) is 4.42 Å². The summed E-state index contributed by atoms with van der Waals surface area (Å²) in [7, 11) is 0. The maximum Gasteiger partial charge on any atom is 0.321 e. The summed E-state index contributed by atoms with van der Waals surface area (Å²) in [6.45, 7) is 1.48. The average Bonchev–Trinajstić information content (AvgIpc) is 3.11. The molecule has 3 rings (SSSR count). The summed E-state index contributed by atoms with van der Waals surface area (Å²) in [4.78, 5) is 13.9. The minimum Gasteiger partial charge on any atom is -0.469 e. The summed E-state index contributed by atoms with van der Waals surface area (Å²) in [5.41, 5.74) is 0.828. The summed E-state index contributed by atoms with van der Waals surface area (Å²) in [6.07, 6.45) is 2.64. The minimum atomic E-state index is -0.0414. The first-order valence-electron chi connectivity index (χ1n) is 6.47. The SMILES string of the molecule is O=C(Nc1ccccc1)N1CCC(c2ccco2)C1. The third-order valence-corrected chi connectivity index (χ3v) is 3.45. The molecule has 1 aliphatic heterocycles. The molecule has 98 valence electrons. The van der Waals surface area contributed by atoms with Crippen LogP contribution in [0.25, 0.3) is 0 Å². The maximum atomic E-state index is 12.1. The van der Waals surface area contributed by atoms with Crippen molar-refractivity contribution in [2.24, 2.45) is 0 Å². The van der Waals surface area contributed by atoms with Gasteiger partial charge in [0.15, 0.2) is 0 Å². The fraction of sp³-hybridized carbons (Fsp3) is 0.267. The number of rotatable bonds is 2. The molecule has 1 aromatic heterocycles. The molecular weight excluding hydrogens is 240 g/mol. The molecular formula is C15H16N2O2. The standard InChI is InChI=1S/C15H16N2O2/c18-15(16-13-5-2-1-3-6-13)17-9-8-12(11-17)14-7-4-10-19-14/h1-7,10,12H,8-9,11H2,(H,16,18). The van der Waals surface area contributed by atoms with Crippen molar-refractivity contribution in [1.29, 1.82) is 0 Å². The molecule has 4 heteroatoms. The third-order valence-electron chi connectivity index (χ3n) is 3.45. The first-order valence-corrected chi connectivity index (χ1v) is 6.47. The summed E-state index contributed by atoms with van der Waals surface area (Å²) in [6, 6.07) is 13.3. The lowest BCUT2D eigenvalue weighted by Gasteiger charge is -2.17. The Hall–Kier alpha value is -2.23. The van der Waals surface area contributed by atoms with Crippen LogP contribution in [-0.4, -0.2) is 24.0 Å². The highest BCUT2D eigenvalue weighted by Crippen LogP contribution is 2.27. The Morgan fingerprint density at radius 3 is 2.79 bits per heavy atom. The van der Waals surface area contributed by atoms with Crippen molar-refractivity contribution >= 4 is 11.7 Å². The van der Waals surface area contributed by atoms with Crippen molar-refractivity contribution in [1.82, 2.24) is 4.90 Å². The van der Waals surface area contributed by atoms with Crippen LogP contribution in [0.5, 0.6) is 0 Å². The number of urea groups is 1. The molecule has 1 atom stereocenters. The quantitative estimate of drug-likeness (QED) is 0.896. The molecule has 1 saturated heterocycles. The van der Waals surface area contributed by atoms with Gasteiger partial charge in [-0.3, -0.25) is 0 Å². The van der Waals surface area contributed by atoms with E-state index in [1.165, 1.54) is 0 Å². The predicted molar refractivity (Wildman–Crippen MR) is 73.1 cm³/mol. The first-order chi connectivity index (χ1) is 9.33. The number of likely N-dealkylation sites (tertiary alicyclic amines) is 1. The van der Waals surface area contributed by atoms with Gasteiger partial charge in [-0.05, 0) is 30.7 Å². The van der Waals surface area contributed by atoms with Crippen molar-refractivity contribution in [3.05, 3.63) is 54.5 Å². The zero-order valence-electron chi connectivity index (χ0n) is 10.6. The van der Waals surface area contributed by atoms with E-state index in [1.807, 2.05) is 47.4 Å². The molecule has 4 nitrogen and oxygen atoms in total. The second kappa shape index (κ2) is 5.18. The lowest BCUT2D eigenvalue weighted by atomic mass is 10.1. The fourth-order valence-electron chi connectivity index (χ4n) is 2.42. The van der Waals surface area contributed by atoms with Crippen LogP contribution < -0.4 is 5.32 Å². The smallest absolute Gasteiger partial charge is 0.321 e. The lowest BCUT2D eigenvalue weighted by Crippen LogP contribution is -2.32. The van der Waals surface area contributed by atoms with E-state index in [0.717, 1.165) is 24.4 Å². The first kappa shape index (κ1) is 11.8. The fourth-order valence-corrected chi connectivity index (χ4v) is 2.42. The summed E-state index contributed by atoms with van der Waals surface area (Å²) < 4.78 is 5.41. The Morgan fingerprint density at radius 1 is 1.21 bits per heavy atom. The molecule has 0 radical (unpaired) electrons. The molecule has 1 aliphatic rings. The molecule has 19 heavy (non-hydrogen) atoms. The van der Waals surface area contributed by atoms with Crippen LogP contribution in [0.1, 0.15) is 18.1 Å². The number of hydrogen-bond acceptors (Lipinski definition) is 2. The molecule has 1 aromatic carbocycles. The second-order valence-electron chi connectivity index (χ2n) is 4.74. The maximum absolute atomic E-state index is 12.1. The molecule has 2 heterocycles. The normalized spacial score (nSPS) is 18.5. The van der Waals surface area contributed by atoms with E-state index >= 15 is 0 Å². The van der Waals surface area contributed by atoms with Crippen LogP contribution in [0.2, 0.25) is 0 Å². The number of para-hydroxylation sites is 1. The Balaban J connectivity index is 1.60. The second-order valence-corrected chi connectivity index (χ2v) is 4.74. The van der Waals surface area contributed by atoms with Gasteiger partial charge in [-0.15, -0.1) is 0 Å². The predicted octanol–water partition coefficient (Wildman–Crippen LogP) is 3.30. The van der Waals surface area contributed by atoms with E-state index < -0.39 is 0 Å². The highest BCUT2D eigenvalue weighted by atomic mass is 16.3. The molecule has 0 spiro atoms. The number of carbonyl (C=O) groups is 1. The molecule has 0 bridgehead atoms. The Morgan fingerprint density at radius 2 is 2.05 bits per heavy atom. The zero-order valence-corrected chi connectivity index (χ0v) is 10.6. The van der Waals surface area contributed by atoms with Gasteiger partial charge in [-0.25, -0.2) is 4.79 Å². The van der Waals surface area contributed by atoms with E-state index in [0.29, 0.717) is 12.5 Å². The number of anilines is 1. The summed E-state index contributed by atoms with van der Waals surface area (Å²) in [5.74, 6) is 1.28. The Bertz CT molecular complexity index is 537. The van der Waals surface area contributed by atoms with E-state index in [9.17, 15) is 4.79 Å². The van der Waals surface area contributed by atoms with Gasteiger partial charge in [-0.1, -0.05) is 18.2 Å². The molecule has 0 aliphatic carbocycles. The van der Waals surface area contributed by atoms with Crippen LogP contribution in [0.3, 0.4) is 0 Å². The van der Waals surface area contributed by atoms with E-state index in [-0.39, 0.29) is 6.03 Å². The average molecular weight is 256 g/mol. The number of nitrogens with one attached hydrogen (secondary N) is 1. The number of nitrogens with zero attached hydrogens (tertiary/aromatic N) is 1.